The quantitative estimate of drug-likeness (QED) is 0.658. The number of amides is 1. The lowest BCUT2D eigenvalue weighted by Gasteiger charge is -2.35. The van der Waals surface area contributed by atoms with Crippen molar-refractivity contribution in [1.82, 2.24) is 15.1 Å². The molecule has 0 spiro atoms. The van der Waals surface area contributed by atoms with Crippen molar-refractivity contribution < 1.29 is 18.7 Å². The normalized spacial score (nSPS) is 14.0. The summed E-state index contributed by atoms with van der Waals surface area (Å²) in [6.45, 7) is 2.62. The lowest BCUT2D eigenvalue weighted by atomic mass is 10.2. The van der Waals surface area contributed by atoms with Crippen LogP contribution in [0, 0.1) is 0 Å². The summed E-state index contributed by atoms with van der Waals surface area (Å²) in [5.74, 6) is 1.44. The van der Waals surface area contributed by atoms with Gasteiger partial charge in [-0.3, -0.25) is 4.79 Å². The van der Waals surface area contributed by atoms with E-state index in [4.69, 9.17) is 13.9 Å². The first kappa shape index (κ1) is 18.8. The number of hydrogen-bond donors (Lipinski definition) is 0. The molecule has 0 unspecified atom stereocenters. The van der Waals surface area contributed by atoms with Gasteiger partial charge in [0.05, 0.1) is 19.8 Å². The van der Waals surface area contributed by atoms with Crippen molar-refractivity contribution in [2.45, 2.75) is 0 Å². The Labute approximate surface area is 168 Å². The predicted molar refractivity (Wildman–Crippen MR) is 107 cm³/mol. The fourth-order valence-corrected chi connectivity index (χ4v) is 3.34. The van der Waals surface area contributed by atoms with Crippen molar-refractivity contribution in [3.63, 3.8) is 0 Å². The van der Waals surface area contributed by atoms with Crippen LogP contribution in [0.15, 0.2) is 52.9 Å². The number of anilines is 1. The molecule has 2 heterocycles. The van der Waals surface area contributed by atoms with Crippen molar-refractivity contribution in [2.75, 3.05) is 45.3 Å². The van der Waals surface area contributed by atoms with E-state index in [1.54, 1.807) is 25.2 Å². The molecule has 1 amide bonds. The maximum Gasteiger partial charge on any atom is 0.311 e. The van der Waals surface area contributed by atoms with Gasteiger partial charge in [0.2, 0.25) is 0 Å². The van der Waals surface area contributed by atoms with Gasteiger partial charge < -0.3 is 23.7 Å². The minimum atomic E-state index is -0.256. The number of benzene rings is 2. The largest absolute Gasteiger partial charge is 0.497 e. The minimum Gasteiger partial charge on any atom is -0.497 e. The van der Waals surface area contributed by atoms with E-state index in [9.17, 15) is 4.79 Å². The minimum absolute atomic E-state index is 0.0104. The van der Waals surface area contributed by atoms with Gasteiger partial charge in [0.15, 0.2) is 0 Å². The number of rotatable bonds is 5. The first-order valence-corrected chi connectivity index (χ1v) is 9.35. The average Bonchev–Trinajstić information content (AvgIpc) is 3.29. The summed E-state index contributed by atoms with van der Waals surface area (Å²) in [6.07, 6.45) is 0. The van der Waals surface area contributed by atoms with E-state index >= 15 is 0 Å². The molecule has 0 atom stereocenters. The standard InChI is InChI=1S/C21H22N4O4/c1-27-16-9-7-15(8-10-16)24-11-13-25(14-12-24)21(26)20-23-22-19(29-20)17-5-3-4-6-18(17)28-2/h3-10H,11-14H2,1-2H3. The molecule has 1 saturated heterocycles. The first-order valence-electron chi connectivity index (χ1n) is 9.35. The highest BCUT2D eigenvalue weighted by molar-refractivity contribution is 5.90. The van der Waals surface area contributed by atoms with Crippen molar-refractivity contribution in [3.05, 3.63) is 54.4 Å². The molecule has 0 N–H and O–H groups in total. The number of carbonyl (C=O) groups is 1. The molecule has 1 fully saturated rings. The fraction of sp³-hybridized carbons (Fsp3) is 0.286. The van der Waals surface area contributed by atoms with Gasteiger partial charge in [0, 0.05) is 31.9 Å². The molecule has 8 nitrogen and oxygen atoms in total. The Balaban J connectivity index is 1.41. The summed E-state index contributed by atoms with van der Waals surface area (Å²) in [5.41, 5.74) is 1.76. The van der Waals surface area contributed by atoms with Gasteiger partial charge in [-0.1, -0.05) is 12.1 Å². The van der Waals surface area contributed by atoms with Crippen LogP contribution in [0.2, 0.25) is 0 Å². The van der Waals surface area contributed by atoms with Gasteiger partial charge >= 0.3 is 11.8 Å². The van der Waals surface area contributed by atoms with E-state index in [0.717, 1.165) is 24.5 Å². The molecule has 1 aliphatic rings. The predicted octanol–water partition coefficient (Wildman–Crippen LogP) is 2.72. The van der Waals surface area contributed by atoms with Crippen LogP contribution in [-0.4, -0.2) is 61.4 Å². The number of hydrogen-bond acceptors (Lipinski definition) is 7. The van der Waals surface area contributed by atoms with Crippen LogP contribution in [0.4, 0.5) is 5.69 Å². The summed E-state index contributed by atoms with van der Waals surface area (Å²) in [7, 11) is 3.22. The van der Waals surface area contributed by atoms with Crippen LogP contribution in [-0.2, 0) is 0 Å². The Hall–Kier alpha value is -3.55. The van der Waals surface area contributed by atoms with Crippen molar-refractivity contribution in [3.8, 4) is 23.0 Å². The summed E-state index contributed by atoms with van der Waals surface area (Å²) >= 11 is 0. The third-order valence-electron chi connectivity index (χ3n) is 4.95. The second kappa shape index (κ2) is 8.22. The van der Waals surface area contributed by atoms with Crippen molar-refractivity contribution in [1.29, 1.82) is 0 Å². The van der Waals surface area contributed by atoms with Crippen LogP contribution in [0.25, 0.3) is 11.5 Å². The van der Waals surface area contributed by atoms with E-state index in [1.807, 2.05) is 42.5 Å². The summed E-state index contributed by atoms with van der Waals surface area (Å²) in [5, 5.41) is 7.97. The van der Waals surface area contributed by atoms with Crippen LogP contribution >= 0.6 is 0 Å². The third-order valence-corrected chi connectivity index (χ3v) is 4.95. The van der Waals surface area contributed by atoms with Crippen LogP contribution in [0.5, 0.6) is 11.5 Å². The second-order valence-electron chi connectivity index (χ2n) is 6.59. The first-order chi connectivity index (χ1) is 14.2. The van der Waals surface area contributed by atoms with E-state index in [0.29, 0.717) is 24.4 Å². The molecule has 8 heteroatoms. The van der Waals surface area contributed by atoms with E-state index < -0.39 is 0 Å². The SMILES string of the molecule is COc1ccc(N2CCN(C(=O)c3nnc(-c4ccccc4OC)o3)CC2)cc1. The zero-order valence-electron chi connectivity index (χ0n) is 16.4. The molecule has 3 aromatic rings. The van der Waals surface area contributed by atoms with E-state index in [2.05, 4.69) is 15.1 Å². The fourth-order valence-electron chi connectivity index (χ4n) is 3.34. The van der Waals surface area contributed by atoms with Gasteiger partial charge in [-0.05, 0) is 36.4 Å². The van der Waals surface area contributed by atoms with Crippen LogP contribution in [0.3, 0.4) is 0 Å². The second-order valence-corrected chi connectivity index (χ2v) is 6.59. The molecule has 150 valence electrons. The van der Waals surface area contributed by atoms with Gasteiger partial charge in [-0.2, -0.15) is 0 Å². The highest BCUT2D eigenvalue weighted by Gasteiger charge is 2.27. The van der Waals surface area contributed by atoms with E-state index in [1.165, 1.54) is 0 Å². The monoisotopic (exact) mass is 394 g/mol. The lowest BCUT2D eigenvalue weighted by molar-refractivity contribution is 0.0707. The zero-order chi connectivity index (χ0) is 20.2. The van der Waals surface area contributed by atoms with Crippen LogP contribution in [0.1, 0.15) is 10.7 Å². The molecule has 1 aliphatic heterocycles. The number of carbonyl (C=O) groups excluding carboxylic acids is 1. The van der Waals surface area contributed by atoms with Crippen molar-refractivity contribution >= 4 is 11.6 Å². The molecule has 0 aliphatic carbocycles. The molecule has 0 bridgehead atoms. The van der Waals surface area contributed by atoms with Gasteiger partial charge in [-0.25, -0.2) is 0 Å². The third kappa shape index (κ3) is 3.87. The molecule has 2 aromatic carbocycles. The van der Waals surface area contributed by atoms with Gasteiger partial charge in [-0.15, -0.1) is 10.2 Å². The van der Waals surface area contributed by atoms with Gasteiger partial charge in [0.25, 0.3) is 5.89 Å². The Morgan fingerprint density at radius 1 is 0.931 bits per heavy atom. The topological polar surface area (TPSA) is 80.9 Å². The molecule has 0 saturated carbocycles. The number of nitrogens with zero attached hydrogens (tertiary/aromatic N) is 4. The zero-order valence-corrected chi connectivity index (χ0v) is 16.4. The Morgan fingerprint density at radius 2 is 1.66 bits per heavy atom. The van der Waals surface area contributed by atoms with E-state index in [-0.39, 0.29) is 17.7 Å². The average molecular weight is 394 g/mol. The Morgan fingerprint density at radius 3 is 2.34 bits per heavy atom. The van der Waals surface area contributed by atoms with Crippen molar-refractivity contribution in [2.24, 2.45) is 0 Å². The molecule has 4 rings (SSSR count). The number of para-hydroxylation sites is 1. The highest BCUT2D eigenvalue weighted by atomic mass is 16.5. The smallest absolute Gasteiger partial charge is 0.311 e. The maximum atomic E-state index is 12.8. The molecular weight excluding hydrogens is 372 g/mol. The Bertz CT molecular complexity index is 978. The highest BCUT2D eigenvalue weighted by Crippen LogP contribution is 2.28. The Kier molecular flexibility index (Phi) is 5.33. The lowest BCUT2D eigenvalue weighted by Crippen LogP contribution is -2.48. The maximum absolute atomic E-state index is 12.8. The molecule has 1 aromatic heterocycles. The summed E-state index contributed by atoms with van der Waals surface area (Å²) in [6, 6.07) is 15.2. The number of aromatic nitrogens is 2. The summed E-state index contributed by atoms with van der Waals surface area (Å²) in [4.78, 5) is 16.8. The van der Waals surface area contributed by atoms with Crippen LogP contribution < -0.4 is 14.4 Å². The van der Waals surface area contributed by atoms with Gasteiger partial charge in [0.1, 0.15) is 11.5 Å². The molecule has 29 heavy (non-hydrogen) atoms. The number of ether oxygens (including phenoxy) is 2. The summed E-state index contributed by atoms with van der Waals surface area (Å²) < 4.78 is 16.2. The molecule has 0 radical (unpaired) electrons. The number of piperazine rings is 1. The number of methoxy groups -OCH3 is 2. The molecular formula is C21H22N4O4.